The van der Waals surface area contributed by atoms with Gasteiger partial charge in [-0.05, 0) is 57.7 Å². The summed E-state index contributed by atoms with van der Waals surface area (Å²) in [6.07, 6.45) is 1.43. The second kappa shape index (κ2) is 7.39. The lowest BCUT2D eigenvalue weighted by molar-refractivity contribution is 0.290. The van der Waals surface area contributed by atoms with Gasteiger partial charge in [-0.25, -0.2) is 8.42 Å². The Morgan fingerprint density at radius 3 is 2.45 bits per heavy atom. The molecule has 0 bridgehead atoms. The molecule has 0 N–H and O–H groups in total. The molecule has 0 radical (unpaired) electrons. The van der Waals surface area contributed by atoms with E-state index in [-0.39, 0.29) is 0 Å². The van der Waals surface area contributed by atoms with Crippen molar-refractivity contribution in [2.75, 3.05) is 6.54 Å². The number of aryl methyl sites for hydroxylation is 4. The molecule has 7 heteroatoms. The standard InChI is InChI=1S/C22H25N3O3S/c1-14-7-5-8-18(13-14)21-23-22(28-24-21)19-9-6-10-25(19)29(26,27)20-16(3)11-15(2)12-17(20)4/h5,7-8,11-13,19H,6,9-10H2,1-4H3. The van der Waals surface area contributed by atoms with E-state index < -0.39 is 16.1 Å². The number of aromatic nitrogens is 2. The highest BCUT2D eigenvalue weighted by Crippen LogP contribution is 2.38. The Morgan fingerprint density at radius 1 is 1.03 bits per heavy atom. The molecule has 6 nitrogen and oxygen atoms in total. The lowest BCUT2D eigenvalue weighted by Crippen LogP contribution is -2.32. The van der Waals surface area contributed by atoms with Gasteiger partial charge in [-0.15, -0.1) is 0 Å². The first-order valence-electron chi connectivity index (χ1n) is 9.77. The molecule has 152 valence electrons. The molecule has 3 aromatic rings. The Morgan fingerprint density at radius 2 is 1.76 bits per heavy atom. The predicted molar refractivity (Wildman–Crippen MR) is 111 cm³/mol. The molecular weight excluding hydrogens is 386 g/mol. The predicted octanol–water partition coefficient (Wildman–Crippen LogP) is 4.50. The molecule has 0 amide bonds. The van der Waals surface area contributed by atoms with Crippen LogP contribution in [0.5, 0.6) is 0 Å². The third kappa shape index (κ3) is 3.60. The fourth-order valence-electron chi connectivity index (χ4n) is 4.24. The zero-order valence-corrected chi connectivity index (χ0v) is 18.0. The summed E-state index contributed by atoms with van der Waals surface area (Å²) in [4.78, 5) is 4.92. The third-order valence-electron chi connectivity index (χ3n) is 5.38. The lowest BCUT2D eigenvalue weighted by Gasteiger charge is -2.23. The maximum atomic E-state index is 13.5. The molecule has 0 spiro atoms. The highest BCUT2D eigenvalue weighted by Gasteiger charge is 2.40. The van der Waals surface area contributed by atoms with Crippen molar-refractivity contribution in [2.45, 2.75) is 51.5 Å². The van der Waals surface area contributed by atoms with Crippen LogP contribution in [0.1, 0.15) is 47.0 Å². The minimum Gasteiger partial charge on any atom is -0.337 e. The molecule has 1 unspecified atom stereocenters. The van der Waals surface area contributed by atoms with Crippen molar-refractivity contribution in [1.82, 2.24) is 14.4 Å². The summed E-state index contributed by atoms with van der Waals surface area (Å²) in [7, 11) is -3.67. The normalized spacial score (nSPS) is 17.7. The van der Waals surface area contributed by atoms with Crippen LogP contribution in [0, 0.1) is 27.7 Å². The number of sulfonamides is 1. The van der Waals surface area contributed by atoms with Crippen molar-refractivity contribution in [3.05, 3.63) is 64.5 Å². The Hall–Kier alpha value is -2.51. The fraction of sp³-hybridized carbons (Fsp3) is 0.364. The Kier molecular flexibility index (Phi) is 5.04. The molecule has 1 aliphatic rings. The van der Waals surface area contributed by atoms with Crippen molar-refractivity contribution in [1.29, 1.82) is 0 Å². The molecule has 1 fully saturated rings. The van der Waals surface area contributed by atoms with Crippen LogP contribution in [-0.4, -0.2) is 29.4 Å². The quantitative estimate of drug-likeness (QED) is 0.632. The van der Waals surface area contributed by atoms with E-state index >= 15 is 0 Å². The molecule has 1 atom stereocenters. The molecule has 1 aromatic heterocycles. The lowest BCUT2D eigenvalue weighted by atomic mass is 10.1. The molecule has 2 heterocycles. The van der Waals surface area contributed by atoms with Crippen LogP contribution < -0.4 is 0 Å². The molecule has 4 rings (SSSR count). The monoisotopic (exact) mass is 411 g/mol. The zero-order valence-electron chi connectivity index (χ0n) is 17.1. The van der Waals surface area contributed by atoms with Crippen LogP contribution in [0.15, 0.2) is 45.8 Å². The first kappa shape index (κ1) is 19.8. The number of benzene rings is 2. The number of hydrogen-bond acceptors (Lipinski definition) is 5. The van der Waals surface area contributed by atoms with E-state index in [0.717, 1.165) is 34.2 Å². The Balaban J connectivity index is 1.70. The van der Waals surface area contributed by atoms with E-state index in [1.807, 2.05) is 64.1 Å². The van der Waals surface area contributed by atoms with Crippen LogP contribution >= 0.6 is 0 Å². The molecule has 0 saturated carbocycles. The topological polar surface area (TPSA) is 76.3 Å². The van der Waals surface area contributed by atoms with Crippen molar-refractivity contribution < 1.29 is 12.9 Å². The van der Waals surface area contributed by atoms with Gasteiger partial charge in [0.25, 0.3) is 0 Å². The van der Waals surface area contributed by atoms with Crippen molar-refractivity contribution in [2.24, 2.45) is 0 Å². The van der Waals surface area contributed by atoms with E-state index in [1.165, 1.54) is 4.31 Å². The minimum absolute atomic E-state index is 0.352. The molecule has 2 aromatic carbocycles. The van der Waals surface area contributed by atoms with Crippen LogP contribution in [0.4, 0.5) is 0 Å². The van der Waals surface area contributed by atoms with Gasteiger partial charge in [0.15, 0.2) is 0 Å². The van der Waals surface area contributed by atoms with Crippen molar-refractivity contribution in [3.8, 4) is 11.4 Å². The molecular formula is C22H25N3O3S. The summed E-state index contributed by atoms with van der Waals surface area (Å²) >= 11 is 0. The van der Waals surface area contributed by atoms with Crippen LogP contribution in [0.2, 0.25) is 0 Å². The van der Waals surface area contributed by atoms with Gasteiger partial charge in [0, 0.05) is 12.1 Å². The Bertz CT molecular complexity index is 1140. The van der Waals surface area contributed by atoms with Gasteiger partial charge in [-0.2, -0.15) is 9.29 Å². The van der Waals surface area contributed by atoms with Crippen molar-refractivity contribution >= 4 is 10.0 Å². The highest BCUT2D eigenvalue weighted by atomic mass is 32.2. The smallest absolute Gasteiger partial charge is 0.245 e. The summed E-state index contributed by atoms with van der Waals surface area (Å²) in [5.41, 5.74) is 4.54. The van der Waals surface area contributed by atoms with Crippen LogP contribution in [0.3, 0.4) is 0 Å². The van der Waals surface area contributed by atoms with E-state index in [9.17, 15) is 8.42 Å². The second-order valence-corrected chi connectivity index (χ2v) is 9.65. The molecule has 29 heavy (non-hydrogen) atoms. The van der Waals surface area contributed by atoms with Gasteiger partial charge in [-0.1, -0.05) is 46.6 Å². The van der Waals surface area contributed by atoms with Crippen LogP contribution in [-0.2, 0) is 10.0 Å². The first-order chi connectivity index (χ1) is 13.8. The summed E-state index contributed by atoms with van der Waals surface area (Å²) in [6.45, 7) is 8.12. The summed E-state index contributed by atoms with van der Waals surface area (Å²) in [6, 6.07) is 11.2. The Labute approximate surface area is 171 Å². The van der Waals surface area contributed by atoms with Gasteiger partial charge >= 0.3 is 0 Å². The average molecular weight is 412 g/mol. The van der Waals surface area contributed by atoms with Gasteiger partial charge in [0.05, 0.1) is 4.90 Å². The van der Waals surface area contributed by atoms with E-state index in [1.54, 1.807) is 0 Å². The maximum absolute atomic E-state index is 13.5. The zero-order chi connectivity index (χ0) is 20.8. The molecule has 1 aliphatic heterocycles. The van der Waals surface area contributed by atoms with E-state index in [2.05, 4.69) is 10.1 Å². The van der Waals surface area contributed by atoms with Gasteiger partial charge in [-0.3, -0.25) is 0 Å². The maximum Gasteiger partial charge on any atom is 0.245 e. The highest BCUT2D eigenvalue weighted by molar-refractivity contribution is 7.89. The third-order valence-corrected chi connectivity index (χ3v) is 7.59. The van der Waals surface area contributed by atoms with E-state index in [4.69, 9.17) is 4.52 Å². The molecule has 0 aliphatic carbocycles. The number of hydrogen-bond donors (Lipinski definition) is 0. The second-order valence-electron chi connectivity index (χ2n) is 7.83. The van der Waals surface area contributed by atoms with E-state index in [0.29, 0.717) is 29.6 Å². The summed E-state index contributed by atoms with van der Waals surface area (Å²) < 4.78 is 34.1. The SMILES string of the molecule is Cc1cccc(-c2noc(C3CCCN3S(=O)(=O)c3c(C)cc(C)cc3C)n2)c1. The minimum atomic E-state index is -3.67. The molecule has 1 saturated heterocycles. The number of rotatable bonds is 4. The van der Waals surface area contributed by atoms with Crippen molar-refractivity contribution in [3.63, 3.8) is 0 Å². The van der Waals surface area contributed by atoms with Gasteiger partial charge < -0.3 is 4.52 Å². The average Bonchev–Trinajstić information content (AvgIpc) is 3.30. The van der Waals surface area contributed by atoms with Gasteiger partial charge in [0.1, 0.15) is 6.04 Å². The summed E-state index contributed by atoms with van der Waals surface area (Å²) in [5.74, 6) is 0.834. The number of nitrogens with zero attached hydrogens (tertiary/aromatic N) is 3. The summed E-state index contributed by atoms with van der Waals surface area (Å²) in [5, 5.41) is 4.10. The van der Waals surface area contributed by atoms with Gasteiger partial charge in [0.2, 0.25) is 21.7 Å². The van der Waals surface area contributed by atoms with Crippen LogP contribution in [0.25, 0.3) is 11.4 Å². The first-order valence-corrected chi connectivity index (χ1v) is 11.2. The largest absolute Gasteiger partial charge is 0.337 e. The fourth-order valence-corrected chi connectivity index (χ4v) is 6.30.